The van der Waals surface area contributed by atoms with Gasteiger partial charge in [-0.05, 0) is 42.5 Å². The van der Waals surface area contributed by atoms with Crippen LogP contribution in [-0.4, -0.2) is 42.5 Å². The molecular formula is C17H18BrF3N2O2. The van der Waals surface area contributed by atoms with Crippen LogP contribution < -0.4 is 5.32 Å². The molecule has 136 valence electrons. The Labute approximate surface area is 152 Å². The van der Waals surface area contributed by atoms with Crippen LogP contribution >= 0.6 is 15.9 Å². The molecule has 2 rings (SSSR count). The summed E-state index contributed by atoms with van der Waals surface area (Å²) in [6.45, 7) is 0.918. The molecule has 0 bridgehead atoms. The van der Waals surface area contributed by atoms with E-state index < -0.39 is 12.1 Å². The summed E-state index contributed by atoms with van der Waals surface area (Å²) in [5, 5.41) is 1.90. The van der Waals surface area contributed by atoms with Crippen LogP contribution in [0.1, 0.15) is 18.4 Å². The number of benzene rings is 1. The van der Waals surface area contributed by atoms with Gasteiger partial charge in [-0.1, -0.05) is 28.1 Å². The van der Waals surface area contributed by atoms with E-state index in [1.54, 1.807) is 11.0 Å². The lowest BCUT2D eigenvalue weighted by atomic mass is 9.96. The Hall–Kier alpha value is -1.83. The smallest absolute Gasteiger partial charge is 0.348 e. The lowest BCUT2D eigenvalue weighted by molar-refractivity contribution is -0.173. The fraction of sp³-hybridized carbons (Fsp3) is 0.412. The van der Waals surface area contributed by atoms with E-state index in [1.165, 1.54) is 6.08 Å². The molecule has 2 amide bonds. The summed E-state index contributed by atoms with van der Waals surface area (Å²) in [6.07, 6.45) is -0.500. The molecule has 0 unspecified atom stereocenters. The summed E-state index contributed by atoms with van der Waals surface area (Å²) in [6, 6.07) is 7.52. The van der Waals surface area contributed by atoms with E-state index in [2.05, 4.69) is 15.9 Å². The van der Waals surface area contributed by atoms with Gasteiger partial charge in [0.15, 0.2) is 0 Å². The Bertz CT molecular complexity index is 636. The number of piperidine rings is 1. The third-order valence-electron chi connectivity index (χ3n) is 4.02. The van der Waals surface area contributed by atoms with E-state index >= 15 is 0 Å². The number of hydrogen-bond acceptors (Lipinski definition) is 2. The first-order valence-electron chi connectivity index (χ1n) is 7.83. The molecule has 1 fully saturated rings. The SMILES string of the molecule is O=C(C=Cc1ccc(Br)cc1)N1CCC(CNC(=O)C(F)(F)F)CC1. The van der Waals surface area contributed by atoms with Crippen molar-refractivity contribution in [2.75, 3.05) is 19.6 Å². The number of carbonyl (C=O) groups is 2. The molecule has 1 heterocycles. The standard InChI is InChI=1S/C17H18BrF3N2O2/c18-14-4-1-12(2-5-14)3-6-15(24)23-9-7-13(8-10-23)11-22-16(25)17(19,20)21/h1-6,13H,7-11H2,(H,22,25). The van der Waals surface area contributed by atoms with E-state index in [0.29, 0.717) is 25.9 Å². The Kier molecular flexibility index (Phi) is 6.64. The average Bonchev–Trinajstić information content (AvgIpc) is 2.58. The second kappa shape index (κ2) is 8.51. The Morgan fingerprint density at radius 3 is 2.36 bits per heavy atom. The molecule has 0 radical (unpaired) electrons. The molecule has 0 saturated carbocycles. The van der Waals surface area contributed by atoms with Gasteiger partial charge >= 0.3 is 12.1 Å². The van der Waals surface area contributed by atoms with Crippen LogP contribution in [0.4, 0.5) is 13.2 Å². The minimum Gasteiger partial charge on any atom is -0.348 e. The number of nitrogens with zero attached hydrogens (tertiary/aromatic N) is 1. The molecule has 8 heteroatoms. The summed E-state index contributed by atoms with van der Waals surface area (Å²) < 4.78 is 37.4. The van der Waals surface area contributed by atoms with E-state index in [9.17, 15) is 22.8 Å². The van der Waals surface area contributed by atoms with E-state index in [1.807, 2.05) is 29.6 Å². The monoisotopic (exact) mass is 418 g/mol. The van der Waals surface area contributed by atoms with Crippen molar-refractivity contribution in [2.24, 2.45) is 5.92 Å². The number of rotatable bonds is 4. The number of likely N-dealkylation sites (tertiary alicyclic amines) is 1. The molecule has 1 aromatic carbocycles. The van der Waals surface area contributed by atoms with Crippen LogP contribution in [0, 0.1) is 5.92 Å². The molecule has 0 spiro atoms. The van der Waals surface area contributed by atoms with Gasteiger partial charge in [0.1, 0.15) is 0 Å². The summed E-state index contributed by atoms with van der Waals surface area (Å²) in [5.41, 5.74) is 0.904. The zero-order valence-corrected chi connectivity index (χ0v) is 14.9. The maximum Gasteiger partial charge on any atom is 0.471 e. The van der Waals surface area contributed by atoms with Gasteiger partial charge < -0.3 is 10.2 Å². The van der Waals surface area contributed by atoms with E-state index in [-0.39, 0.29) is 18.4 Å². The summed E-state index contributed by atoms with van der Waals surface area (Å²) in [4.78, 5) is 24.6. The number of alkyl halides is 3. The van der Waals surface area contributed by atoms with Crippen LogP contribution in [0.25, 0.3) is 6.08 Å². The quantitative estimate of drug-likeness (QED) is 0.761. The largest absolute Gasteiger partial charge is 0.471 e. The molecule has 0 atom stereocenters. The molecule has 1 aromatic rings. The summed E-state index contributed by atoms with van der Waals surface area (Å²) in [7, 11) is 0. The third-order valence-corrected chi connectivity index (χ3v) is 4.55. The van der Waals surface area contributed by atoms with Gasteiger partial charge in [-0.25, -0.2) is 0 Å². The lowest BCUT2D eigenvalue weighted by Crippen LogP contribution is -2.43. The maximum atomic E-state index is 12.2. The van der Waals surface area contributed by atoms with Gasteiger partial charge in [-0.2, -0.15) is 13.2 Å². The Morgan fingerprint density at radius 1 is 1.20 bits per heavy atom. The van der Waals surface area contributed by atoms with Gasteiger partial charge in [0.2, 0.25) is 5.91 Å². The topological polar surface area (TPSA) is 49.4 Å². The van der Waals surface area contributed by atoms with Gasteiger partial charge in [0.05, 0.1) is 0 Å². The molecule has 1 N–H and O–H groups in total. The van der Waals surface area contributed by atoms with E-state index in [4.69, 9.17) is 0 Å². The first-order valence-corrected chi connectivity index (χ1v) is 8.62. The maximum absolute atomic E-state index is 12.2. The van der Waals surface area contributed by atoms with Crippen molar-refractivity contribution in [1.29, 1.82) is 0 Å². The molecule has 0 aromatic heterocycles. The molecule has 0 aliphatic carbocycles. The number of halogens is 4. The summed E-state index contributed by atoms with van der Waals surface area (Å²) >= 11 is 3.34. The van der Waals surface area contributed by atoms with Crippen molar-refractivity contribution in [2.45, 2.75) is 19.0 Å². The first kappa shape index (κ1) is 19.5. The van der Waals surface area contributed by atoms with Gasteiger partial charge in [0, 0.05) is 30.2 Å². The van der Waals surface area contributed by atoms with E-state index in [0.717, 1.165) is 10.0 Å². The lowest BCUT2D eigenvalue weighted by Gasteiger charge is -2.31. The molecule has 25 heavy (non-hydrogen) atoms. The first-order chi connectivity index (χ1) is 11.8. The average molecular weight is 419 g/mol. The Morgan fingerprint density at radius 2 is 1.80 bits per heavy atom. The van der Waals surface area contributed by atoms with Gasteiger partial charge in [0.25, 0.3) is 0 Å². The molecular weight excluding hydrogens is 401 g/mol. The predicted molar refractivity (Wildman–Crippen MR) is 91.5 cm³/mol. The highest BCUT2D eigenvalue weighted by Gasteiger charge is 2.38. The van der Waals surface area contributed by atoms with Crippen LogP contribution in [0.15, 0.2) is 34.8 Å². The third kappa shape index (κ3) is 6.19. The normalized spacial score (nSPS) is 16.2. The molecule has 1 aliphatic rings. The Balaban J connectivity index is 1.76. The minimum atomic E-state index is -4.85. The van der Waals surface area contributed by atoms with Crippen LogP contribution in [0.3, 0.4) is 0 Å². The zero-order valence-electron chi connectivity index (χ0n) is 13.4. The second-order valence-corrected chi connectivity index (χ2v) is 6.78. The fourth-order valence-corrected chi connectivity index (χ4v) is 2.81. The zero-order chi connectivity index (χ0) is 18.4. The summed E-state index contributed by atoms with van der Waals surface area (Å²) in [5.74, 6) is -2.09. The number of nitrogens with one attached hydrogen (secondary N) is 1. The predicted octanol–water partition coefficient (Wildman–Crippen LogP) is 3.38. The molecule has 4 nitrogen and oxygen atoms in total. The molecule has 1 saturated heterocycles. The van der Waals surface area contributed by atoms with Crippen LogP contribution in [-0.2, 0) is 9.59 Å². The second-order valence-electron chi connectivity index (χ2n) is 5.86. The van der Waals surface area contributed by atoms with Crippen molar-refractivity contribution < 1.29 is 22.8 Å². The van der Waals surface area contributed by atoms with Crippen molar-refractivity contribution in [3.05, 3.63) is 40.4 Å². The number of hydrogen-bond donors (Lipinski definition) is 1. The van der Waals surface area contributed by atoms with Gasteiger partial charge in [-0.15, -0.1) is 0 Å². The molecule has 1 aliphatic heterocycles. The highest BCUT2D eigenvalue weighted by molar-refractivity contribution is 9.10. The van der Waals surface area contributed by atoms with Crippen molar-refractivity contribution in [3.63, 3.8) is 0 Å². The number of carbonyl (C=O) groups excluding carboxylic acids is 2. The highest BCUT2D eigenvalue weighted by Crippen LogP contribution is 2.19. The van der Waals surface area contributed by atoms with Crippen molar-refractivity contribution in [1.82, 2.24) is 10.2 Å². The van der Waals surface area contributed by atoms with Crippen LogP contribution in [0.5, 0.6) is 0 Å². The number of amides is 2. The highest BCUT2D eigenvalue weighted by atomic mass is 79.9. The van der Waals surface area contributed by atoms with Gasteiger partial charge in [-0.3, -0.25) is 9.59 Å². The minimum absolute atomic E-state index is 0.0187. The van der Waals surface area contributed by atoms with Crippen molar-refractivity contribution >= 4 is 33.8 Å². The fourth-order valence-electron chi connectivity index (χ4n) is 2.54. The van der Waals surface area contributed by atoms with Crippen LogP contribution in [0.2, 0.25) is 0 Å². The van der Waals surface area contributed by atoms with Crippen molar-refractivity contribution in [3.8, 4) is 0 Å².